The third kappa shape index (κ3) is 4.88. The molecule has 2 aromatic heterocycles. The lowest BCUT2D eigenvalue weighted by Crippen LogP contribution is -2.17. The van der Waals surface area contributed by atoms with E-state index in [1.54, 1.807) is 6.07 Å². The minimum Gasteiger partial charge on any atom is -0.460 e. The Morgan fingerprint density at radius 2 is 2.11 bits per heavy atom. The number of carbonyl (C=O) groups is 1. The lowest BCUT2D eigenvalue weighted by Gasteiger charge is -2.07. The first-order chi connectivity index (χ1) is 13.0. The predicted molar refractivity (Wildman–Crippen MR) is 105 cm³/mol. The van der Waals surface area contributed by atoms with Crippen molar-refractivity contribution in [2.45, 2.75) is 19.0 Å². The Morgan fingerprint density at radius 3 is 2.85 bits per heavy atom. The summed E-state index contributed by atoms with van der Waals surface area (Å²) in [7, 11) is 0. The van der Waals surface area contributed by atoms with Crippen molar-refractivity contribution in [3.05, 3.63) is 53.5 Å². The molecular formula is C17H19N7O2S. The van der Waals surface area contributed by atoms with E-state index >= 15 is 0 Å². The number of aromatic nitrogens is 3. The van der Waals surface area contributed by atoms with Crippen LogP contribution in [0.3, 0.4) is 0 Å². The fraction of sp³-hybridized carbons (Fsp3) is 0.176. The summed E-state index contributed by atoms with van der Waals surface area (Å²) in [5.74, 6) is 7.57. The van der Waals surface area contributed by atoms with E-state index in [9.17, 15) is 4.79 Å². The van der Waals surface area contributed by atoms with Crippen molar-refractivity contribution in [3.63, 3.8) is 0 Å². The highest BCUT2D eigenvalue weighted by molar-refractivity contribution is 7.99. The van der Waals surface area contributed by atoms with Gasteiger partial charge in [-0.05, 0) is 37.6 Å². The van der Waals surface area contributed by atoms with Gasteiger partial charge in [0.25, 0.3) is 5.95 Å². The number of thioether (sulfide) groups is 1. The molecule has 0 atom stereocenters. The smallest absolute Gasteiger partial charge is 0.264 e. The molecule has 0 unspecified atom stereocenters. The first-order valence-electron chi connectivity index (χ1n) is 8.07. The summed E-state index contributed by atoms with van der Waals surface area (Å²) in [6.07, 6.45) is 1.50. The van der Waals surface area contributed by atoms with Crippen molar-refractivity contribution in [1.82, 2.24) is 14.9 Å². The number of nitrogens with zero attached hydrogens (tertiary/aromatic N) is 4. The number of furan rings is 1. The molecule has 0 saturated carbocycles. The van der Waals surface area contributed by atoms with Crippen LogP contribution in [0.5, 0.6) is 0 Å². The molecule has 1 aromatic carbocycles. The SMILES string of the molecule is Cc1ccc(/C=N/Nc2nnc(SCC(=O)Nc3ccccc3C)n2N)o1. The maximum Gasteiger partial charge on any atom is 0.264 e. The fourth-order valence-corrected chi connectivity index (χ4v) is 2.81. The van der Waals surface area contributed by atoms with E-state index in [1.807, 2.05) is 44.2 Å². The summed E-state index contributed by atoms with van der Waals surface area (Å²) in [5, 5.41) is 15.1. The van der Waals surface area contributed by atoms with Gasteiger partial charge in [-0.1, -0.05) is 30.0 Å². The van der Waals surface area contributed by atoms with E-state index in [1.165, 1.54) is 22.7 Å². The van der Waals surface area contributed by atoms with Crippen LogP contribution in [0, 0.1) is 13.8 Å². The highest BCUT2D eigenvalue weighted by Crippen LogP contribution is 2.18. The lowest BCUT2D eigenvalue weighted by molar-refractivity contribution is -0.113. The molecule has 0 fully saturated rings. The van der Waals surface area contributed by atoms with Crippen LogP contribution in [0.1, 0.15) is 17.1 Å². The number of anilines is 2. The maximum absolute atomic E-state index is 12.1. The van der Waals surface area contributed by atoms with Crippen molar-refractivity contribution >= 4 is 35.5 Å². The molecule has 2 heterocycles. The van der Waals surface area contributed by atoms with Gasteiger partial charge in [-0.25, -0.2) is 10.1 Å². The van der Waals surface area contributed by atoms with Gasteiger partial charge in [-0.2, -0.15) is 5.10 Å². The zero-order chi connectivity index (χ0) is 19.2. The van der Waals surface area contributed by atoms with Gasteiger partial charge in [-0.15, -0.1) is 10.2 Å². The molecule has 0 aliphatic heterocycles. The standard InChI is InChI=1S/C17H19N7O2S/c1-11-5-3-4-6-14(11)20-15(25)10-27-17-23-22-16(24(17)18)21-19-9-13-8-7-12(2)26-13/h3-9H,10,18H2,1-2H3,(H,20,25)(H,21,22)/b19-9+. The van der Waals surface area contributed by atoms with Crippen LogP contribution >= 0.6 is 11.8 Å². The molecule has 0 aliphatic rings. The Labute approximate surface area is 160 Å². The molecule has 140 valence electrons. The van der Waals surface area contributed by atoms with Crippen LogP contribution in [0.15, 0.2) is 51.1 Å². The zero-order valence-corrected chi connectivity index (χ0v) is 15.7. The van der Waals surface area contributed by atoms with Crippen molar-refractivity contribution in [2.24, 2.45) is 5.10 Å². The summed E-state index contributed by atoms with van der Waals surface area (Å²) in [5.41, 5.74) is 4.46. The van der Waals surface area contributed by atoms with Gasteiger partial charge in [0.05, 0.1) is 12.0 Å². The summed E-state index contributed by atoms with van der Waals surface area (Å²) >= 11 is 1.18. The number of benzene rings is 1. The second-order valence-electron chi connectivity index (χ2n) is 5.65. The number of para-hydroxylation sites is 1. The molecule has 0 saturated heterocycles. The van der Waals surface area contributed by atoms with Crippen LogP contribution < -0.4 is 16.6 Å². The normalized spacial score (nSPS) is 11.0. The van der Waals surface area contributed by atoms with Crippen LogP contribution in [0.25, 0.3) is 0 Å². The number of hydrazone groups is 1. The highest BCUT2D eigenvalue weighted by atomic mass is 32.2. The van der Waals surface area contributed by atoms with E-state index < -0.39 is 0 Å². The van der Waals surface area contributed by atoms with Crippen molar-refractivity contribution in [2.75, 3.05) is 22.3 Å². The number of rotatable bonds is 7. The molecule has 0 spiro atoms. The van der Waals surface area contributed by atoms with Gasteiger partial charge in [0.15, 0.2) is 0 Å². The molecule has 0 aliphatic carbocycles. The van der Waals surface area contributed by atoms with E-state index in [2.05, 4.69) is 26.0 Å². The Bertz CT molecular complexity index is 964. The number of hydrogen-bond acceptors (Lipinski definition) is 8. The quantitative estimate of drug-likeness (QED) is 0.247. The van der Waals surface area contributed by atoms with Gasteiger partial charge in [-0.3, -0.25) is 4.79 Å². The minimum atomic E-state index is -0.155. The van der Waals surface area contributed by atoms with Crippen molar-refractivity contribution in [1.29, 1.82) is 0 Å². The Balaban J connectivity index is 1.53. The summed E-state index contributed by atoms with van der Waals surface area (Å²) in [4.78, 5) is 12.1. The molecule has 4 N–H and O–H groups in total. The van der Waals surface area contributed by atoms with E-state index in [0.29, 0.717) is 10.9 Å². The lowest BCUT2D eigenvalue weighted by atomic mass is 10.2. The summed E-state index contributed by atoms with van der Waals surface area (Å²) in [6, 6.07) is 11.2. The van der Waals surface area contributed by atoms with Crippen LogP contribution in [-0.2, 0) is 4.79 Å². The van der Waals surface area contributed by atoms with E-state index in [4.69, 9.17) is 10.3 Å². The molecule has 3 rings (SSSR count). The third-order valence-corrected chi connectivity index (χ3v) is 4.48. The number of carbonyl (C=O) groups excluding carboxylic acids is 1. The predicted octanol–water partition coefficient (Wildman–Crippen LogP) is 2.38. The monoisotopic (exact) mass is 385 g/mol. The topological polar surface area (TPSA) is 123 Å². The molecule has 0 radical (unpaired) electrons. The van der Waals surface area contributed by atoms with Crippen molar-refractivity contribution < 1.29 is 9.21 Å². The molecule has 0 bridgehead atoms. The average Bonchev–Trinajstić information content (AvgIpc) is 3.21. The van der Waals surface area contributed by atoms with Crippen LogP contribution in [0.2, 0.25) is 0 Å². The highest BCUT2D eigenvalue weighted by Gasteiger charge is 2.12. The zero-order valence-electron chi connectivity index (χ0n) is 14.8. The number of nitrogen functional groups attached to an aromatic ring is 1. The third-order valence-electron chi connectivity index (χ3n) is 3.53. The van der Waals surface area contributed by atoms with E-state index in [0.717, 1.165) is 17.0 Å². The van der Waals surface area contributed by atoms with Gasteiger partial charge < -0.3 is 15.6 Å². The second kappa shape index (κ2) is 8.41. The first kappa shape index (κ1) is 18.5. The largest absolute Gasteiger partial charge is 0.460 e. The molecule has 27 heavy (non-hydrogen) atoms. The van der Waals surface area contributed by atoms with Gasteiger partial charge in [0.2, 0.25) is 11.1 Å². The Kier molecular flexibility index (Phi) is 5.77. The van der Waals surface area contributed by atoms with Crippen LogP contribution in [-0.4, -0.2) is 32.7 Å². The molecule has 3 aromatic rings. The first-order valence-corrected chi connectivity index (χ1v) is 9.06. The number of hydrogen-bond donors (Lipinski definition) is 3. The van der Waals surface area contributed by atoms with Gasteiger partial charge >= 0.3 is 0 Å². The van der Waals surface area contributed by atoms with Gasteiger partial charge in [0.1, 0.15) is 11.5 Å². The minimum absolute atomic E-state index is 0.151. The Morgan fingerprint density at radius 1 is 1.30 bits per heavy atom. The van der Waals surface area contributed by atoms with Crippen LogP contribution in [0.4, 0.5) is 11.6 Å². The molecule has 1 amide bonds. The number of amides is 1. The number of nitrogens with one attached hydrogen (secondary N) is 2. The van der Waals surface area contributed by atoms with E-state index in [-0.39, 0.29) is 17.6 Å². The molecule has 9 nitrogen and oxygen atoms in total. The number of nitrogens with two attached hydrogens (primary N) is 1. The van der Waals surface area contributed by atoms with Crippen molar-refractivity contribution in [3.8, 4) is 0 Å². The summed E-state index contributed by atoms with van der Waals surface area (Å²) < 4.78 is 6.60. The molecule has 10 heteroatoms. The Hall–Kier alpha value is -3.27. The fourth-order valence-electron chi connectivity index (χ4n) is 2.16. The number of aryl methyl sites for hydroxylation is 2. The maximum atomic E-state index is 12.1. The summed E-state index contributed by atoms with van der Waals surface area (Å²) in [6.45, 7) is 3.78. The molecular weight excluding hydrogens is 366 g/mol. The van der Waals surface area contributed by atoms with Gasteiger partial charge in [0, 0.05) is 5.69 Å². The average molecular weight is 385 g/mol. The second-order valence-corrected chi connectivity index (χ2v) is 6.59.